The molecular formula is C24H25BrN6O2. The summed E-state index contributed by atoms with van der Waals surface area (Å²) >= 11 is 3.56. The minimum Gasteiger partial charge on any atom is -0.477 e. The zero-order valence-corrected chi connectivity index (χ0v) is 20.4. The Bertz CT molecular complexity index is 1360. The molecule has 1 aliphatic rings. The second-order valence-corrected chi connectivity index (χ2v) is 9.51. The summed E-state index contributed by atoms with van der Waals surface area (Å²) in [6, 6.07) is 9.52. The number of nitrogens with zero attached hydrogens (tertiary/aromatic N) is 5. The monoisotopic (exact) mass is 508 g/mol. The van der Waals surface area contributed by atoms with E-state index in [4.69, 9.17) is 9.72 Å². The number of hydrogen-bond donors (Lipinski definition) is 1. The first-order valence-corrected chi connectivity index (χ1v) is 11.8. The first-order chi connectivity index (χ1) is 15.9. The molecule has 1 aromatic carbocycles. The molecule has 4 heterocycles. The number of carbonyl (C=O) groups excluding carboxylic acids is 1. The second kappa shape index (κ2) is 8.62. The number of anilines is 1. The van der Waals surface area contributed by atoms with E-state index in [1.54, 1.807) is 23.0 Å². The minimum atomic E-state index is -0.230. The van der Waals surface area contributed by atoms with Gasteiger partial charge in [-0.25, -0.2) is 9.67 Å². The third-order valence-electron chi connectivity index (χ3n) is 5.89. The molecule has 1 unspecified atom stereocenters. The molecule has 3 aromatic heterocycles. The summed E-state index contributed by atoms with van der Waals surface area (Å²) in [5.41, 5.74) is 4.51. The van der Waals surface area contributed by atoms with Crippen LogP contribution in [0.4, 0.5) is 5.95 Å². The summed E-state index contributed by atoms with van der Waals surface area (Å²) in [4.78, 5) is 22.7. The van der Waals surface area contributed by atoms with Crippen LogP contribution in [0.15, 0.2) is 41.0 Å². The highest BCUT2D eigenvalue weighted by Crippen LogP contribution is 2.31. The van der Waals surface area contributed by atoms with Crippen LogP contribution in [0, 0.1) is 12.8 Å². The standard InChI is InChI=1S/C24H25BrN6O2/c1-14-5-4-8-33-23-18(12-26-30(23)3)20-10-16(9-15(2)27-20)22(32)29-24-28-19-7-6-17(25)11-21(19)31(24)13-14/h6-7,9-12,14H,4-5,8,13H2,1-3H3,(H,28,29,32). The van der Waals surface area contributed by atoms with Crippen LogP contribution in [0.1, 0.15) is 35.8 Å². The van der Waals surface area contributed by atoms with Crippen molar-refractivity contribution in [3.8, 4) is 17.1 Å². The Kier molecular flexibility index (Phi) is 5.65. The highest BCUT2D eigenvalue weighted by atomic mass is 79.9. The van der Waals surface area contributed by atoms with Gasteiger partial charge in [-0.1, -0.05) is 22.9 Å². The first-order valence-electron chi connectivity index (χ1n) is 11.0. The van der Waals surface area contributed by atoms with E-state index in [0.717, 1.165) is 46.1 Å². The van der Waals surface area contributed by atoms with E-state index in [1.165, 1.54) is 0 Å². The van der Waals surface area contributed by atoms with Gasteiger partial charge in [0.2, 0.25) is 11.8 Å². The van der Waals surface area contributed by atoms with Crippen molar-refractivity contribution in [3.05, 3.63) is 52.3 Å². The largest absolute Gasteiger partial charge is 0.477 e. The summed E-state index contributed by atoms with van der Waals surface area (Å²) < 4.78 is 10.9. The van der Waals surface area contributed by atoms with Crippen LogP contribution in [0.3, 0.4) is 0 Å². The SMILES string of the molecule is Cc1cc2cc(n1)-c1cnn(C)c1OCCCC(C)Cn1c(nc3ccc(Br)cc31)NC2=O. The number of fused-ring (bicyclic) bond motifs is 7. The van der Waals surface area contributed by atoms with Crippen LogP contribution in [0.5, 0.6) is 5.88 Å². The number of hydrogen-bond acceptors (Lipinski definition) is 5. The van der Waals surface area contributed by atoms with Gasteiger partial charge in [-0.2, -0.15) is 5.10 Å². The Labute approximate surface area is 200 Å². The molecule has 0 radical (unpaired) electrons. The van der Waals surface area contributed by atoms with Crippen LogP contribution in [-0.4, -0.2) is 36.8 Å². The van der Waals surface area contributed by atoms with E-state index >= 15 is 0 Å². The molecule has 2 bridgehead atoms. The Morgan fingerprint density at radius 1 is 1.21 bits per heavy atom. The predicted molar refractivity (Wildman–Crippen MR) is 130 cm³/mol. The van der Waals surface area contributed by atoms with Gasteiger partial charge < -0.3 is 9.30 Å². The molecule has 1 atom stereocenters. The normalized spacial score (nSPS) is 16.8. The molecule has 0 spiro atoms. The van der Waals surface area contributed by atoms with Crippen LogP contribution in [0.2, 0.25) is 0 Å². The number of nitrogens with one attached hydrogen (secondary N) is 1. The Balaban J connectivity index is 1.62. The van der Waals surface area contributed by atoms with Crippen molar-refractivity contribution in [3.63, 3.8) is 0 Å². The Hall–Kier alpha value is -3.20. The lowest BCUT2D eigenvalue weighted by Gasteiger charge is -2.16. The molecule has 1 amide bonds. The molecule has 0 saturated carbocycles. The summed E-state index contributed by atoms with van der Waals surface area (Å²) in [5, 5.41) is 7.40. The maximum atomic E-state index is 13.3. The lowest BCUT2D eigenvalue weighted by molar-refractivity contribution is 0.102. The minimum absolute atomic E-state index is 0.230. The topological polar surface area (TPSA) is 86.9 Å². The molecule has 0 aliphatic carbocycles. The average molecular weight is 509 g/mol. The lowest BCUT2D eigenvalue weighted by Crippen LogP contribution is -2.18. The van der Waals surface area contributed by atoms with Crippen molar-refractivity contribution in [2.45, 2.75) is 33.2 Å². The zero-order valence-electron chi connectivity index (χ0n) is 18.8. The van der Waals surface area contributed by atoms with E-state index < -0.39 is 0 Å². The molecule has 170 valence electrons. The highest BCUT2D eigenvalue weighted by molar-refractivity contribution is 9.10. The molecule has 0 saturated heterocycles. The molecule has 1 N–H and O–H groups in total. The first kappa shape index (κ1) is 21.6. The molecule has 4 aromatic rings. The number of carbonyl (C=O) groups is 1. The van der Waals surface area contributed by atoms with E-state index in [1.807, 2.05) is 32.2 Å². The number of ether oxygens (including phenoxy) is 1. The fraction of sp³-hybridized carbons (Fsp3) is 0.333. The quantitative estimate of drug-likeness (QED) is 0.362. The van der Waals surface area contributed by atoms with Crippen LogP contribution < -0.4 is 10.1 Å². The Morgan fingerprint density at radius 3 is 2.91 bits per heavy atom. The van der Waals surface area contributed by atoms with E-state index in [0.29, 0.717) is 35.6 Å². The van der Waals surface area contributed by atoms with Crippen molar-refractivity contribution in [2.24, 2.45) is 13.0 Å². The highest BCUT2D eigenvalue weighted by Gasteiger charge is 2.20. The van der Waals surface area contributed by atoms with Gasteiger partial charge >= 0.3 is 0 Å². The maximum Gasteiger partial charge on any atom is 0.258 e. The van der Waals surface area contributed by atoms with Gasteiger partial charge in [-0.05, 0) is 56.0 Å². The number of aryl methyl sites for hydroxylation is 2. The third kappa shape index (κ3) is 4.25. The fourth-order valence-corrected chi connectivity index (χ4v) is 4.61. The molecule has 0 fully saturated rings. The van der Waals surface area contributed by atoms with E-state index in [2.05, 4.69) is 42.8 Å². The molecule has 1 aliphatic heterocycles. The Morgan fingerprint density at radius 2 is 2.06 bits per heavy atom. The smallest absolute Gasteiger partial charge is 0.258 e. The van der Waals surface area contributed by atoms with Gasteiger partial charge in [0, 0.05) is 29.3 Å². The van der Waals surface area contributed by atoms with Gasteiger partial charge in [0.05, 0.1) is 35.1 Å². The van der Waals surface area contributed by atoms with Crippen molar-refractivity contribution in [2.75, 3.05) is 11.9 Å². The van der Waals surface area contributed by atoms with Crippen LogP contribution in [-0.2, 0) is 13.6 Å². The number of pyridine rings is 1. The van der Waals surface area contributed by atoms with Gasteiger partial charge in [0.1, 0.15) is 0 Å². The van der Waals surface area contributed by atoms with E-state index in [-0.39, 0.29) is 5.91 Å². The lowest BCUT2D eigenvalue weighted by atomic mass is 10.1. The summed E-state index contributed by atoms with van der Waals surface area (Å²) in [6.07, 6.45) is 3.60. The zero-order chi connectivity index (χ0) is 23.1. The van der Waals surface area contributed by atoms with Gasteiger partial charge in [0.15, 0.2) is 0 Å². The molecular weight excluding hydrogens is 484 g/mol. The van der Waals surface area contributed by atoms with Gasteiger partial charge in [-0.15, -0.1) is 0 Å². The van der Waals surface area contributed by atoms with Crippen LogP contribution >= 0.6 is 15.9 Å². The van der Waals surface area contributed by atoms with Gasteiger partial charge in [-0.3, -0.25) is 15.1 Å². The van der Waals surface area contributed by atoms with Crippen molar-refractivity contribution in [1.82, 2.24) is 24.3 Å². The number of rotatable bonds is 0. The molecule has 5 rings (SSSR count). The predicted octanol–water partition coefficient (Wildman–Crippen LogP) is 4.96. The van der Waals surface area contributed by atoms with Crippen molar-refractivity contribution in [1.29, 1.82) is 0 Å². The number of imidazole rings is 1. The molecule has 9 heteroatoms. The number of aromatic nitrogens is 5. The summed E-state index contributed by atoms with van der Waals surface area (Å²) in [6.45, 7) is 5.40. The third-order valence-corrected chi connectivity index (χ3v) is 6.38. The van der Waals surface area contributed by atoms with E-state index in [9.17, 15) is 4.79 Å². The second-order valence-electron chi connectivity index (χ2n) is 8.60. The maximum absolute atomic E-state index is 13.3. The average Bonchev–Trinajstić information content (AvgIpc) is 3.30. The summed E-state index contributed by atoms with van der Waals surface area (Å²) in [7, 11) is 1.85. The van der Waals surface area contributed by atoms with Crippen LogP contribution in [0.25, 0.3) is 22.3 Å². The number of halogens is 1. The fourth-order valence-electron chi connectivity index (χ4n) is 4.26. The van der Waals surface area contributed by atoms with Gasteiger partial charge in [0.25, 0.3) is 5.91 Å². The molecule has 8 nitrogen and oxygen atoms in total. The number of amides is 1. The molecule has 33 heavy (non-hydrogen) atoms. The number of benzene rings is 1. The summed E-state index contributed by atoms with van der Waals surface area (Å²) in [5.74, 6) is 1.34. The van der Waals surface area contributed by atoms with Crippen molar-refractivity contribution >= 4 is 38.8 Å². The van der Waals surface area contributed by atoms with Crippen molar-refractivity contribution < 1.29 is 9.53 Å².